The van der Waals surface area contributed by atoms with Crippen LogP contribution in [0.5, 0.6) is 0 Å². The van der Waals surface area contributed by atoms with Crippen LogP contribution in [0.4, 0.5) is 11.4 Å². The fourth-order valence-electron chi connectivity index (χ4n) is 5.79. The first-order valence-electron chi connectivity index (χ1n) is 16.9. The third kappa shape index (κ3) is 11.8. The van der Waals surface area contributed by atoms with Gasteiger partial charge in [0.1, 0.15) is 0 Å². The Morgan fingerprint density at radius 3 is 1.66 bits per heavy atom. The molecule has 1 amide bonds. The fraction of sp³-hybridized carbons (Fsp3) is 0.316. The van der Waals surface area contributed by atoms with Gasteiger partial charge in [0.05, 0.1) is 46.0 Å². The zero-order valence-corrected chi connectivity index (χ0v) is 29.9. The van der Waals surface area contributed by atoms with Crippen LogP contribution in [0.1, 0.15) is 47.4 Å². The van der Waals surface area contributed by atoms with E-state index in [1.807, 2.05) is 25.7 Å². The van der Waals surface area contributed by atoms with Gasteiger partial charge in [-0.05, 0) is 57.0 Å². The van der Waals surface area contributed by atoms with E-state index >= 15 is 0 Å². The number of carboxylic acids is 3. The van der Waals surface area contributed by atoms with E-state index < -0.39 is 23.8 Å². The number of allylic oxidation sites excluding steroid dienone is 4. The molecule has 1 aliphatic heterocycles. The lowest BCUT2D eigenvalue weighted by molar-refractivity contribution is -0.133. The van der Waals surface area contributed by atoms with Crippen LogP contribution in [0.15, 0.2) is 114 Å². The number of carbonyl (C=O) groups is 4. The zero-order chi connectivity index (χ0) is 38.9. The second kappa shape index (κ2) is 20.5. The number of amides is 1. The normalized spacial score (nSPS) is 16.0. The zero-order valence-electron chi connectivity index (χ0n) is 29.9. The van der Waals surface area contributed by atoms with Crippen molar-refractivity contribution in [2.45, 2.75) is 26.7 Å². The van der Waals surface area contributed by atoms with Gasteiger partial charge in [0, 0.05) is 81.3 Å². The van der Waals surface area contributed by atoms with Crippen molar-refractivity contribution in [2.75, 3.05) is 62.2 Å². The molecule has 0 spiro atoms. The van der Waals surface area contributed by atoms with Gasteiger partial charge in [0.25, 0.3) is 0 Å². The number of carboxylic acid groups (broad SMARTS) is 3. The van der Waals surface area contributed by atoms with Gasteiger partial charge >= 0.3 is 23.8 Å². The molecule has 1 saturated heterocycles. The molecule has 0 unspecified atom stereocenters. The maximum Gasteiger partial charge on any atom is 0.337 e. The van der Waals surface area contributed by atoms with Crippen molar-refractivity contribution in [3.05, 3.63) is 125 Å². The van der Waals surface area contributed by atoms with Gasteiger partial charge in [-0.25, -0.2) is 14.4 Å². The van der Waals surface area contributed by atoms with Gasteiger partial charge in [-0.1, -0.05) is 31.4 Å². The van der Waals surface area contributed by atoms with Gasteiger partial charge < -0.3 is 34.9 Å². The Kier molecular flexibility index (Phi) is 15.8. The number of nitroso groups, excluding NO2 is 1. The highest BCUT2D eigenvalue weighted by Crippen LogP contribution is 2.22. The third-order valence-corrected chi connectivity index (χ3v) is 8.61. The minimum Gasteiger partial charge on any atom is -0.478 e. The minimum absolute atomic E-state index is 0.0127. The number of hydrogen-bond acceptors (Lipinski definition) is 11. The summed E-state index contributed by atoms with van der Waals surface area (Å²) in [6.45, 7) is 14.5. The van der Waals surface area contributed by atoms with Crippen LogP contribution < -0.4 is 9.80 Å². The molecule has 53 heavy (non-hydrogen) atoms. The lowest BCUT2D eigenvalue weighted by atomic mass is 10.1. The number of rotatable bonds is 12. The van der Waals surface area contributed by atoms with E-state index in [9.17, 15) is 39.4 Å². The van der Waals surface area contributed by atoms with Crippen molar-refractivity contribution >= 4 is 35.2 Å². The highest BCUT2D eigenvalue weighted by molar-refractivity contribution is 5.95. The third-order valence-electron chi connectivity index (χ3n) is 8.61. The molecule has 3 heterocycles. The first kappa shape index (κ1) is 41.0. The molecule has 0 atom stereocenters. The quantitative estimate of drug-likeness (QED) is 0.150. The SMILES string of the molecule is C=C/C(=C\C(=C/C)N1CCCN(/C(C=C)=C/C(=C\C)C(=O)O)CCN(c2cncc(C(=O)O)c2)CCCN(c2cncc(C(=O)N=O)c2)CC1)C(=O)O. The summed E-state index contributed by atoms with van der Waals surface area (Å²) in [5.74, 6) is -4.28. The molecule has 0 radical (unpaired) electrons. The molecule has 0 bridgehead atoms. The Bertz CT molecular complexity index is 1820. The Morgan fingerprint density at radius 1 is 0.660 bits per heavy atom. The van der Waals surface area contributed by atoms with Gasteiger partial charge in [0.15, 0.2) is 0 Å². The van der Waals surface area contributed by atoms with Crippen LogP contribution in [-0.2, 0) is 9.59 Å². The van der Waals surface area contributed by atoms with E-state index in [1.54, 1.807) is 56.6 Å². The fourth-order valence-corrected chi connectivity index (χ4v) is 5.79. The number of carbonyl (C=O) groups excluding carboxylic acids is 1. The molecule has 15 nitrogen and oxygen atoms in total. The standard InChI is InChI=1S/C38H45N7O8/c1-5-27(36(47)48)19-31(7-3)42-11-9-12-43(32(8-4)20-28(6-2)37(49)50)16-18-45(34-22-30(38(51)52)24-40-26-34)14-10-13-44(17-15-42)33-21-29(23-39-25-33)35(46)41-53/h5-8,19-26H,1,4,9-18H2,2-3H3,(H,47,48)(H,49,50)(H,51,52)/b27-19+,28-6+,31-7+,32-20+. The summed E-state index contributed by atoms with van der Waals surface area (Å²) in [5, 5.41) is 31.7. The van der Waals surface area contributed by atoms with Crippen molar-refractivity contribution in [1.29, 1.82) is 0 Å². The highest BCUT2D eigenvalue weighted by Gasteiger charge is 2.20. The van der Waals surface area contributed by atoms with Crippen molar-refractivity contribution in [3.8, 4) is 0 Å². The van der Waals surface area contributed by atoms with E-state index in [0.717, 1.165) is 0 Å². The number of anilines is 2. The summed E-state index contributed by atoms with van der Waals surface area (Å²) in [6, 6.07) is 3.10. The summed E-state index contributed by atoms with van der Waals surface area (Å²) in [5.41, 5.74) is 2.56. The van der Waals surface area contributed by atoms with Crippen molar-refractivity contribution in [1.82, 2.24) is 19.8 Å². The van der Waals surface area contributed by atoms with E-state index in [-0.39, 0.29) is 22.3 Å². The number of hydrogen-bond donors (Lipinski definition) is 3. The number of aromatic nitrogens is 2. The van der Waals surface area contributed by atoms with E-state index in [4.69, 9.17) is 0 Å². The number of aliphatic carboxylic acids is 2. The molecular formula is C38H45N7O8. The average Bonchev–Trinajstić information content (AvgIpc) is 3.16. The molecule has 1 aliphatic rings. The van der Waals surface area contributed by atoms with Crippen LogP contribution >= 0.6 is 0 Å². The van der Waals surface area contributed by atoms with E-state index in [0.29, 0.717) is 88.0 Å². The van der Waals surface area contributed by atoms with Crippen LogP contribution in [0, 0.1) is 4.91 Å². The van der Waals surface area contributed by atoms with Crippen LogP contribution in [0.2, 0.25) is 0 Å². The van der Waals surface area contributed by atoms with Crippen molar-refractivity contribution in [3.63, 3.8) is 0 Å². The Hall–Kier alpha value is -6.38. The largest absolute Gasteiger partial charge is 0.478 e. The molecule has 0 aromatic carbocycles. The molecule has 3 rings (SSSR count). The highest BCUT2D eigenvalue weighted by atomic mass is 16.4. The second-order valence-corrected chi connectivity index (χ2v) is 11.9. The Balaban J connectivity index is 2.12. The van der Waals surface area contributed by atoms with Crippen molar-refractivity contribution < 1.29 is 34.5 Å². The first-order valence-corrected chi connectivity index (χ1v) is 16.9. The summed E-state index contributed by atoms with van der Waals surface area (Å²) in [4.78, 5) is 75.3. The van der Waals surface area contributed by atoms with Crippen LogP contribution in [-0.4, -0.2) is 111 Å². The average molecular weight is 728 g/mol. The summed E-state index contributed by atoms with van der Waals surface area (Å²) in [6.07, 6.45) is 16.1. The number of pyridine rings is 2. The Morgan fingerprint density at radius 2 is 1.19 bits per heavy atom. The van der Waals surface area contributed by atoms with Crippen LogP contribution in [0.25, 0.3) is 0 Å². The molecule has 3 N–H and O–H groups in total. The van der Waals surface area contributed by atoms with Gasteiger partial charge in [-0.15, -0.1) is 4.91 Å². The molecule has 1 fully saturated rings. The molecule has 2 aromatic heterocycles. The second-order valence-electron chi connectivity index (χ2n) is 11.9. The lowest BCUT2D eigenvalue weighted by Crippen LogP contribution is -2.41. The summed E-state index contributed by atoms with van der Waals surface area (Å²) < 4.78 is 0. The smallest absolute Gasteiger partial charge is 0.337 e. The monoisotopic (exact) mass is 727 g/mol. The molecule has 2 aromatic rings. The predicted octanol–water partition coefficient (Wildman–Crippen LogP) is 4.99. The summed E-state index contributed by atoms with van der Waals surface area (Å²) in [7, 11) is 0. The van der Waals surface area contributed by atoms with E-state index in [2.05, 4.69) is 28.3 Å². The van der Waals surface area contributed by atoms with Crippen LogP contribution in [0.3, 0.4) is 0 Å². The maximum absolute atomic E-state index is 12.2. The molecular weight excluding hydrogens is 682 g/mol. The number of nitrogens with zero attached hydrogens (tertiary/aromatic N) is 7. The maximum atomic E-state index is 12.2. The molecule has 280 valence electrons. The molecule has 0 saturated carbocycles. The topological polar surface area (TPSA) is 197 Å². The van der Waals surface area contributed by atoms with E-state index in [1.165, 1.54) is 24.5 Å². The van der Waals surface area contributed by atoms with Crippen molar-refractivity contribution in [2.24, 2.45) is 5.18 Å². The van der Waals surface area contributed by atoms with Gasteiger partial charge in [-0.3, -0.25) is 14.8 Å². The van der Waals surface area contributed by atoms with Gasteiger partial charge in [-0.2, -0.15) is 0 Å². The molecule has 15 heteroatoms. The number of aromatic carboxylic acids is 1. The minimum atomic E-state index is -1.13. The predicted molar refractivity (Wildman–Crippen MR) is 202 cm³/mol. The van der Waals surface area contributed by atoms with Gasteiger partial charge in [0.2, 0.25) is 0 Å². The summed E-state index contributed by atoms with van der Waals surface area (Å²) >= 11 is 0. The lowest BCUT2D eigenvalue weighted by Gasteiger charge is -2.35. The Labute approximate surface area is 308 Å². The first-order chi connectivity index (χ1) is 25.4. The molecule has 0 aliphatic carbocycles.